The van der Waals surface area contributed by atoms with E-state index in [4.69, 9.17) is 11.8 Å². The van der Waals surface area contributed by atoms with E-state index in [0.717, 1.165) is 9.98 Å². The minimum Gasteiger partial charge on any atom is -0.302 e. The normalized spacial score (nSPS) is 17.2. The van der Waals surface area contributed by atoms with Crippen molar-refractivity contribution in [3.8, 4) is 0 Å². The summed E-state index contributed by atoms with van der Waals surface area (Å²) in [5, 5.41) is 0. The standard InChI is InChI=1S/C16H13ClFN3O2/c1-10(22)14-16(23)20(9-11-4-6-12(18)7-5-11)13-3-2-8-19-15(13)21(14)17/h2-8,14H,9H2,1H3. The Labute approximate surface area is 137 Å². The molecule has 1 amide bonds. The first-order valence-electron chi connectivity index (χ1n) is 6.95. The molecule has 0 aliphatic carbocycles. The van der Waals surface area contributed by atoms with Crippen molar-refractivity contribution >= 4 is 35.0 Å². The van der Waals surface area contributed by atoms with Crippen LogP contribution >= 0.6 is 11.8 Å². The van der Waals surface area contributed by atoms with Crippen LogP contribution in [0.25, 0.3) is 0 Å². The van der Waals surface area contributed by atoms with Gasteiger partial charge in [-0.15, -0.1) is 0 Å². The Bertz CT molecular complexity index is 766. The lowest BCUT2D eigenvalue weighted by molar-refractivity contribution is -0.127. The molecule has 0 bridgehead atoms. The van der Waals surface area contributed by atoms with Crippen molar-refractivity contribution in [2.75, 3.05) is 9.32 Å². The van der Waals surface area contributed by atoms with E-state index >= 15 is 0 Å². The van der Waals surface area contributed by atoms with Gasteiger partial charge >= 0.3 is 0 Å². The van der Waals surface area contributed by atoms with E-state index in [0.29, 0.717) is 11.5 Å². The largest absolute Gasteiger partial charge is 0.302 e. The fourth-order valence-corrected chi connectivity index (χ4v) is 2.87. The minimum absolute atomic E-state index is 0.201. The Kier molecular flexibility index (Phi) is 4.00. The van der Waals surface area contributed by atoms with Gasteiger partial charge in [-0.3, -0.25) is 9.59 Å². The van der Waals surface area contributed by atoms with Crippen molar-refractivity contribution in [3.63, 3.8) is 0 Å². The summed E-state index contributed by atoms with van der Waals surface area (Å²) in [7, 11) is 0. The third-order valence-corrected chi connectivity index (χ3v) is 3.98. The number of anilines is 2. The van der Waals surface area contributed by atoms with Gasteiger partial charge in [0.25, 0.3) is 5.91 Å². The maximum absolute atomic E-state index is 13.0. The maximum Gasteiger partial charge on any atom is 0.259 e. The van der Waals surface area contributed by atoms with Crippen LogP contribution in [0.5, 0.6) is 0 Å². The zero-order chi connectivity index (χ0) is 16.6. The second-order valence-corrected chi connectivity index (χ2v) is 5.59. The number of hydrogen-bond acceptors (Lipinski definition) is 4. The molecule has 118 valence electrons. The highest BCUT2D eigenvalue weighted by molar-refractivity contribution is 6.34. The summed E-state index contributed by atoms with van der Waals surface area (Å²) in [5.74, 6) is -0.812. The molecule has 5 nitrogen and oxygen atoms in total. The minimum atomic E-state index is -1.13. The predicted molar refractivity (Wildman–Crippen MR) is 84.6 cm³/mol. The van der Waals surface area contributed by atoms with E-state index in [9.17, 15) is 14.0 Å². The van der Waals surface area contributed by atoms with Crippen LogP contribution in [0.15, 0.2) is 42.6 Å². The van der Waals surface area contributed by atoms with Crippen LogP contribution in [0.4, 0.5) is 15.9 Å². The van der Waals surface area contributed by atoms with E-state index < -0.39 is 11.9 Å². The number of fused-ring (bicyclic) bond motifs is 1. The van der Waals surface area contributed by atoms with Gasteiger partial charge in [-0.2, -0.15) is 0 Å². The number of carbonyl (C=O) groups excluding carboxylic acids is 2. The molecule has 1 aromatic heterocycles. The number of ketones is 1. The molecule has 0 N–H and O–H groups in total. The van der Waals surface area contributed by atoms with Crippen LogP contribution in [0, 0.1) is 5.82 Å². The van der Waals surface area contributed by atoms with Gasteiger partial charge in [-0.25, -0.2) is 13.8 Å². The topological polar surface area (TPSA) is 53.5 Å². The fourth-order valence-electron chi connectivity index (χ4n) is 2.52. The van der Waals surface area contributed by atoms with Crippen molar-refractivity contribution in [1.82, 2.24) is 4.98 Å². The van der Waals surface area contributed by atoms with Gasteiger partial charge in [0.2, 0.25) is 0 Å². The van der Waals surface area contributed by atoms with Crippen molar-refractivity contribution < 1.29 is 14.0 Å². The number of nitrogens with zero attached hydrogens (tertiary/aromatic N) is 3. The van der Waals surface area contributed by atoms with Crippen molar-refractivity contribution in [2.24, 2.45) is 0 Å². The summed E-state index contributed by atoms with van der Waals surface area (Å²) in [4.78, 5) is 30.1. The molecule has 0 saturated heterocycles. The third-order valence-electron chi connectivity index (χ3n) is 3.62. The Morgan fingerprint density at radius 3 is 2.65 bits per heavy atom. The van der Waals surface area contributed by atoms with Gasteiger partial charge in [0.05, 0.1) is 12.2 Å². The smallest absolute Gasteiger partial charge is 0.259 e. The Hall–Kier alpha value is -2.47. The third kappa shape index (κ3) is 2.77. The van der Waals surface area contributed by atoms with Gasteiger partial charge in [-0.1, -0.05) is 12.1 Å². The van der Waals surface area contributed by atoms with Crippen LogP contribution in [0.3, 0.4) is 0 Å². The van der Waals surface area contributed by atoms with E-state index in [-0.39, 0.29) is 18.1 Å². The average Bonchev–Trinajstić information content (AvgIpc) is 2.53. The molecule has 2 heterocycles. The van der Waals surface area contributed by atoms with E-state index in [2.05, 4.69) is 4.98 Å². The van der Waals surface area contributed by atoms with Crippen molar-refractivity contribution in [3.05, 3.63) is 54.0 Å². The van der Waals surface area contributed by atoms with Gasteiger partial charge in [-0.05, 0) is 36.8 Å². The summed E-state index contributed by atoms with van der Waals surface area (Å²) >= 11 is 6.15. The predicted octanol–water partition coefficient (Wildman–Crippen LogP) is 2.69. The number of pyridine rings is 1. The van der Waals surface area contributed by atoms with Gasteiger partial charge in [0.1, 0.15) is 5.82 Å². The average molecular weight is 334 g/mol. The number of carbonyl (C=O) groups is 2. The zero-order valence-corrected chi connectivity index (χ0v) is 13.0. The van der Waals surface area contributed by atoms with Crippen LogP contribution in [0.2, 0.25) is 0 Å². The summed E-state index contributed by atoms with van der Waals surface area (Å²) in [6.07, 6.45) is 1.54. The Morgan fingerprint density at radius 1 is 1.30 bits per heavy atom. The molecule has 1 unspecified atom stereocenters. The number of amides is 1. The molecule has 1 aromatic carbocycles. The van der Waals surface area contributed by atoms with E-state index in [1.807, 2.05) is 0 Å². The molecule has 23 heavy (non-hydrogen) atoms. The van der Waals surface area contributed by atoms with E-state index in [1.165, 1.54) is 30.2 Å². The molecule has 1 atom stereocenters. The first kappa shape index (κ1) is 15.4. The lowest BCUT2D eigenvalue weighted by Gasteiger charge is -2.37. The highest BCUT2D eigenvalue weighted by Crippen LogP contribution is 2.36. The summed E-state index contributed by atoms with van der Waals surface area (Å²) in [6, 6.07) is 8.09. The second kappa shape index (κ2) is 5.96. The zero-order valence-electron chi connectivity index (χ0n) is 12.2. The summed E-state index contributed by atoms with van der Waals surface area (Å²) < 4.78 is 14.1. The van der Waals surface area contributed by atoms with Crippen LogP contribution in [0.1, 0.15) is 12.5 Å². The molecule has 7 heteroatoms. The molecule has 1 aliphatic rings. The number of rotatable bonds is 3. The van der Waals surface area contributed by atoms with Crippen LogP contribution < -0.4 is 9.32 Å². The molecular weight excluding hydrogens is 321 g/mol. The van der Waals surface area contributed by atoms with E-state index in [1.54, 1.807) is 24.3 Å². The van der Waals surface area contributed by atoms with Crippen molar-refractivity contribution in [1.29, 1.82) is 0 Å². The number of hydrogen-bond donors (Lipinski definition) is 0. The lowest BCUT2D eigenvalue weighted by atomic mass is 10.1. The Balaban J connectivity index is 2.03. The maximum atomic E-state index is 13.0. The van der Waals surface area contributed by atoms with Gasteiger partial charge < -0.3 is 4.90 Å². The molecule has 2 aromatic rings. The highest BCUT2D eigenvalue weighted by Gasteiger charge is 2.41. The molecular formula is C16H13ClFN3O2. The fraction of sp³-hybridized carbons (Fsp3) is 0.188. The SMILES string of the molecule is CC(=O)C1C(=O)N(Cc2ccc(F)cc2)c2cccnc2N1Cl. The second-order valence-electron chi connectivity index (χ2n) is 5.22. The van der Waals surface area contributed by atoms with Crippen LogP contribution in [-0.2, 0) is 16.1 Å². The van der Waals surface area contributed by atoms with Crippen LogP contribution in [-0.4, -0.2) is 22.7 Å². The number of aromatic nitrogens is 1. The first-order chi connectivity index (χ1) is 11.0. The Morgan fingerprint density at radius 2 is 2.00 bits per heavy atom. The quantitative estimate of drug-likeness (QED) is 0.640. The molecule has 0 radical (unpaired) electrons. The monoisotopic (exact) mass is 333 g/mol. The molecule has 0 fully saturated rings. The molecule has 1 aliphatic heterocycles. The number of benzene rings is 1. The molecule has 3 rings (SSSR count). The summed E-state index contributed by atoms with van der Waals surface area (Å²) in [6.45, 7) is 1.51. The molecule has 0 spiro atoms. The van der Waals surface area contributed by atoms with Gasteiger partial charge in [0.15, 0.2) is 17.6 Å². The first-order valence-corrected chi connectivity index (χ1v) is 7.29. The lowest BCUT2D eigenvalue weighted by Crippen LogP contribution is -2.53. The number of halogens is 2. The summed E-state index contributed by atoms with van der Waals surface area (Å²) in [5.41, 5.74) is 1.24. The highest BCUT2D eigenvalue weighted by atomic mass is 35.5. The number of Topliss-reactive ketones (excluding diaryl/α,β-unsaturated/α-hetero) is 1. The van der Waals surface area contributed by atoms with Crippen molar-refractivity contribution in [2.45, 2.75) is 19.5 Å². The van der Waals surface area contributed by atoms with Gasteiger partial charge in [0, 0.05) is 18.0 Å². The molecule has 0 saturated carbocycles.